The summed E-state index contributed by atoms with van der Waals surface area (Å²) < 4.78 is 12.4. The van der Waals surface area contributed by atoms with Gasteiger partial charge in [-0.05, 0) is 57.7 Å². The third kappa shape index (κ3) is 2.53. The van der Waals surface area contributed by atoms with E-state index in [1.807, 2.05) is 5.51 Å². The summed E-state index contributed by atoms with van der Waals surface area (Å²) in [5, 5.41) is 0. The van der Waals surface area contributed by atoms with E-state index >= 15 is 0 Å². The maximum absolute atomic E-state index is 6.20. The standard InChI is InChI=1S/C20H23NO2S/c1-19(2)20(3,4)23-17(22-19)11-15-14-8-6-5-7-13(14)9-10-16-18(15)24-12-21-16/h5-8,11-12,17H,9-10H2,1-4H3. The van der Waals surface area contributed by atoms with Crippen molar-refractivity contribution >= 4 is 16.9 Å². The smallest absolute Gasteiger partial charge is 0.179 e. The third-order valence-electron chi connectivity index (χ3n) is 5.40. The summed E-state index contributed by atoms with van der Waals surface area (Å²) >= 11 is 1.70. The normalized spacial score (nSPS) is 23.8. The van der Waals surface area contributed by atoms with Gasteiger partial charge in [-0.3, -0.25) is 0 Å². The van der Waals surface area contributed by atoms with Crippen LogP contribution in [-0.2, 0) is 22.3 Å². The Hall–Kier alpha value is -1.49. The van der Waals surface area contributed by atoms with Gasteiger partial charge in [-0.25, -0.2) is 4.98 Å². The number of rotatable bonds is 1. The summed E-state index contributed by atoms with van der Waals surface area (Å²) in [5.74, 6) is 0. The predicted molar refractivity (Wildman–Crippen MR) is 97.2 cm³/mol. The molecule has 0 unspecified atom stereocenters. The molecular weight excluding hydrogens is 318 g/mol. The Bertz CT molecular complexity index is 787. The van der Waals surface area contributed by atoms with Crippen molar-refractivity contribution in [1.29, 1.82) is 0 Å². The van der Waals surface area contributed by atoms with Gasteiger partial charge in [0.25, 0.3) is 0 Å². The fourth-order valence-corrected chi connectivity index (χ4v) is 4.18. The first-order valence-corrected chi connectivity index (χ1v) is 9.34. The van der Waals surface area contributed by atoms with Crippen LogP contribution in [0, 0.1) is 0 Å². The zero-order valence-corrected chi connectivity index (χ0v) is 15.4. The maximum atomic E-state index is 6.20. The van der Waals surface area contributed by atoms with Crippen molar-refractivity contribution in [3.63, 3.8) is 0 Å². The van der Waals surface area contributed by atoms with Crippen molar-refractivity contribution in [1.82, 2.24) is 4.98 Å². The topological polar surface area (TPSA) is 31.4 Å². The number of aromatic nitrogens is 1. The maximum Gasteiger partial charge on any atom is 0.179 e. The van der Waals surface area contributed by atoms with Crippen LogP contribution in [-0.4, -0.2) is 22.5 Å². The number of thiazole rings is 1. The van der Waals surface area contributed by atoms with E-state index in [1.54, 1.807) is 11.3 Å². The number of aryl methyl sites for hydroxylation is 2. The van der Waals surface area contributed by atoms with E-state index in [0.717, 1.165) is 12.8 Å². The lowest BCUT2D eigenvalue weighted by Crippen LogP contribution is -2.41. The van der Waals surface area contributed by atoms with Crippen molar-refractivity contribution in [3.8, 4) is 0 Å². The zero-order valence-electron chi connectivity index (χ0n) is 14.6. The highest BCUT2D eigenvalue weighted by atomic mass is 32.1. The molecule has 24 heavy (non-hydrogen) atoms. The first-order chi connectivity index (χ1) is 11.4. The SMILES string of the molecule is CC1(C)OC(C=C2c3ccccc3CCc3ncsc32)OC1(C)C. The Morgan fingerprint density at radius 3 is 2.54 bits per heavy atom. The monoisotopic (exact) mass is 341 g/mol. The van der Waals surface area contributed by atoms with E-state index in [-0.39, 0.29) is 17.5 Å². The summed E-state index contributed by atoms with van der Waals surface area (Å²) in [7, 11) is 0. The average Bonchev–Trinajstić information content (AvgIpc) is 3.01. The molecule has 0 bridgehead atoms. The summed E-state index contributed by atoms with van der Waals surface area (Å²) in [6.07, 6.45) is 3.80. The summed E-state index contributed by atoms with van der Waals surface area (Å²) in [6.45, 7) is 8.35. The van der Waals surface area contributed by atoms with Gasteiger partial charge in [0.2, 0.25) is 0 Å². The van der Waals surface area contributed by atoms with Crippen molar-refractivity contribution in [3.05, 3.63) is 57.6 Å². The van der Waals surface area contributed by atoms with Crippen molar-refractivity contribution in [2.45, 2.75) is 58.0 Å². The number of fused-ring (bicyclic) bond motifs is 2. The first-order valence-electron chi connectivity index (χ1n) is 8.46. The highest BCUT2D eigenvalue weighted by Crippen LogP contribution is 2.41. The summed E-state index contributed by atoms with van der Waals surface area (Å²) in [4.78, 5) is 5.82. The fraction of sp³-hybridized carbons (Fsp3) is 0.450. The number of hydrogen-bond acceptors (Lipinski definition) is 4. The largest absolute Gasteiger partial charge is 0.340 e. The van der Waals surface area contributed by atoms with Crippen LogP contribution in [0.1, 0.15) is 49.4 Å². The number of nitrogens with zero attached hydrogens (tertiary/aromatic N) is 1. The lowest BCUT2D eigenvalue weighted by atomic mass is 9.90. The van der Waals surface area contributed by atoms with Gasteiger partial charge in [0, 0.05) is 5.57 Å². The minimum atomic E-state index is -0.342. The van der Waals surface area contributed by atoms with Gasteiger partial charge in [0.05, 0.1) is 27.3 Å². The molecule has 0 N–H and O–H groups in total. The lowest BCUT2D eigenvalue weighted by molar-refractivity contribution is -0.0501. The van der Waals surface area contributed by atoms with Crippen LogP contribution in [0.4, 0.5) is 0 Å². The van der Waals surface area contributed by atoms with Crippen LogP contribution in [0.5, 0.6) is 0 Å². The molecular formula is C20H23NO2S. The summed E-state index contributed by atoms with van der Waals surface area (Å²) in [6, 6.07) is 8.62. The Balaban J connectivity index is 1.81. The van der Waals surface area contributed by atoms with Gasteiger partial charge in [-0.1, -0.05) is 24.3 Å². The fourth-order valence-electron chi connectivity index (χ4n) is 3.30. The van der Waals surface area contributed by atoms with E-state index in [0.29, 0.717) is 0 Å². The number of benzene rings is 1. The Labute approximate surface area is 147 Å². The van der Waals surface area contributed by atoms with E-state index < -0.39 is 0 Å². The van der Waals surface area contributed by atoms with E-state index in [4.69, 9.17) is 9.47 Å². The van der Waals surface area contributed by atoms with Gasteiger partial charge in [-0.2, -0.15) is 0 Å². The van der Waals surface area contributed by atoms with Crippen LogP contribution >= 0.6 is 11.3 Å². The minimum absolute atomic E-state index is 0.324. The molecule has 1 aromatic heterocycles. The van der Waals surface area contributed by atoms with Crippen LogP contribution in [0.25, 0.3) is 5.57 Å². The molecule has 0 radical (unpaired) electrons. The second-order valence-corrected chi connectivity index (χ2v) is 8.35. The van der Waals surface area contributed by atoms with Gasteiger partial charge in [0.15, 0.2) is 6.29 Å². The molecule has 2 heterocycles. The van der Waals surface area contributed by atoms with Crippen molar-refractivity contribution in [2.24, 2.45) is 0 Å². The van der Waals surface area contributed by atoms with Crippen LogP contribution < -0.4 is 0 Å². The van der Waals surface area contributed by atoms with Crippen LogP contribution in [0.3, 0.4) is 0 Å². The second-order valence-electron chi connectivity index (χ2n) is 7.49. The molecule has 1 saturated heterocycles. The van der Waals surface area contributed by atoms with E-state index in [9.17, 15) is 0 Å². The Morgan fingerprint density at radius 2 is 1.79 bits per heavy atom. The molecule has 4 rings (SSSR count). The molecule has 2 aliphatic rings. The van der Waals surface area contributed by atoms with Crippen LogP contribution in [0.15, 0.2) is 35.9 Å². The molecule has 1 aromatic carbocycles. The summed E-state index contributed by atoms with van der Waals surface area (Å²) in [5.41, 5.74) is 6.31. The molecule has 1 fully saturated rings. The van der Waals surface area contributed by atoms with Crippen molar-refractivity contribution in [2.75, 3.05) is 0 Å². The molecule has 0 spiro atoms. The van der Waals surface area contributed by atoms with Gasteiger partial charge >= 0.3 is 0 Å². The van der Waals surface area contributed by atoms with E-state index in [2.05, 4.69) is 63.0 Å². The molecule has 3 nitrogen and oxygen atoms in total. The quantitative estimate of drug-likeness (QED) is 0.759. The molecule has 4 heteroatoms. The zero-order chi connectivity index (χ0) is 16.9. The number of ether oxygens (including phenoxy) is 2. The lowest BCUT2D eigenvalue weighted by Gasteiger charge is -2.30. The number of hydrogen-bond donors (Lipinski definition) is 0. The molecule has 2 aromatic rings. The minimum Gasteiger partial charge on any atom is -0.340 e. The van der Waals surface area contributed by atoms with Gasteiger partial charge < -0.3 is 9.47 Å². The molecule has 1 aliphatic carbocycles. The highest BCUT2D eigenvalue weighted by Gasteiger charge is 2.48. The predicted octanol–water partition coefficient (Wildman–Crippen LogP) is 4.60. The van der Waals surface area contributed by atoms with Gasteiger partial charge in [0.1, 0.15) is 0 Å². The van der Waals surface area contributed by atoms with Crippen molar-refractivity contribution < 1.29 is 9.47 Å². The Morgan fingerprint density at radius 1 is 1.08 bits per heavy atom. The second kappa shape index (κ2) is 5.51. The third-order valence-corrected chi connectivity index (χ3v) is 6.30. The molecule has 126 valence electrons. The average molecular weight is 341 g/mol. The highest BCUT2D eigenvalue weighted by molar-refractivity contribution is 7.11. The van der Waals surface area contributed by atoms with Gasteiger partial charge in [-0.15, -0.1) is 11.3 Å². The van der Waals surface area contributed by atoms with E-state index in [1.165, 1.54) is 27.3 Å². The molecule has 0 atom stereocenters. The molecule has 1 aliphatic heterocycles. The molecule has 0 amide bonds. The van der Waals surface area contributed by atoms with Crippen LogP contribution in [0.2, 0.25) is 0 Å². The molecule has 0 saturated carbocycles. The Kier molecular flexibility index (Phi) is 3.68. The first kappa shape index (κ1) is 16.0.